The van der Waals surface area contributed by atoms with E-state index in [4.69, 9.17) is 18.8 Å². The van der Waals surface area contributed by atoms with Gasteiger partial charge in [-0.15, -0.1) is 0 Å². The van der Waals surface area contributed by atoms with Crippen molar-refractivity contribution in [1.29, 1.82) is 0 Å². The standard InChI is InChI=1S/C14H17N3O6/c1-14(8-21-2,13(19)20)16-10(18)5-6-11-15-12(17-23-11)9-4-3-7-22-9/h3-4,7H,5-6,8H2,1-2H3,(H,16,18)(H,19,20). The van der Waals surface area contributed by atoms with Crippen LogP contribution in [0.25, 0.3) is 11.6 Å². The minimum Gasteiger partial charge on any atom is -0.479 e. The van der Waals surface area contributed by atoms with Crippen LogP contribution in [-0.2, 0) is 20.7 Å². The number of carboxylic acids is 1. The Morgan fingerprint density at radius 2 is 2.26 bits per heavy atom. The molecule has 0 saturated carbocycles. The predicted molar refractivity (Wildman–Crippen MR) is 76.4 cm³/mol. The van der Waals surface area contributed by atoms with Crippen molar-refractivity contribution in [3.63, 3.8) is 0 Å². The highest BCUT2D eigenvalue weighted by atomic mass is 16.5. The van der Waals surface area contributed by atoms with Crippen LogP contribution in [0.4, 0.5) is 0 Å². The van der Waals surface area contributed by atoms with Crippen molar-refractivity contribution in [2.45, 2.75) is 25.3 Å². The van der Waals surface area contributed by atoms with Gasteiger partial charge in [0.15, 0.2) is 11.3 Å². The molecule has 0 bridgehead atoms. The minimum absolute atomic E-state index is 0.00632. The van der Waals surface area contributed by atoms with E-state index in [2.05, 4.69) is 15.5 Å². The molecule has 9 nitrogen and oxygen atoms in total. The molecule has 0 aromatic carbocycles. The summed E-state index contributed by atoms with van der Waals surface area (Å²) >= 11 is 0. The highest BCUT2D eigenvalue weighted by molar-refractivity contribution is 5.86. The van der Waals surface area contributed by atoms with Gasteiger partial charge in [0.2, 0.25) is 17.6 Å². The fourth-order valence-electron chi connectivity index (χ4n) is 1.89. The molecule has 0 saturated heterocycles. The van der Waals surface area contributed by atoms with E-state index in [-0.39, 0.29) is 25.3 Å². The molecule has 0 aliphatic heterocycles. The van der Waals surface area contributed by atoms with E-state index >= 15 is 0 Å². The molecular weight excluding hydrogens is 306 g/mol. The quantitative estimate of drug-likeness (QED) is 0.732. The molecule has 0 aliphatic carbocycles. The zero-order valence-corrected chi connectivity index (χ0v) is 12.7. The number of aliphatic carboxylic acids is 1. The average molecular weight is 323 g/mol. The first-order valence-electron chi connectivity index (χ1n) is 6.84. The number of carboxylic acid groups (broad SMARTS) is 1. The van der Waals surface area contributed by atoms with Gasteiger partial charge in [0.25, 0.3) is 0 Å². The summed E-state index contributed by atoms with van der Waals surface area (Å²) in [7, 11) is 1.36. The highest BCUT2D eigenvalue weighted by Crippen LogP contribution is 2.16. The molecule has 23 heavy (non-hydrogen) atoms. The monoisotopic (exact) mass is 323 g/mol. The molecule has 0 spiro atoms. The van der Waals surface area contributed by atoms with Gasteiger partial charge < -0.3 is 24.1 Å². The Hall–Kier alpha value is -2.68. The summed E-state index contributed by atoms with van der Waals surface area (Å²) in [6.45, 7) is 1.23. The van der Waals surface area contributed by atoms with Crippen LogP contribution in [0.1, 0.15) is 19.2 Å². The zero-order valence-electron chi connectivity index (χ0n) is 12.7. The number of carbonyl (C=O) groups is 2. The third kappa shape index (κ3) is 4.16. The first-order valence-corrected chi connectivity index (χ1v) is 6.84. The Morgan fingerprint density at radius 3 is 2.87 bits per heavy atom. The van der Waals surface area contributed by atoms with Gasteiger partial charge in [-0.2, -0.15) is 4.98 Å². The fourth-order valence-corrected chi connectivity index (χ4v) is 1.89. The molecule has 0 aliphatic rings. The number of carbonyl (C=O) groups excluding carboxylic acids is 1. The van der Waals surface area contributed by atoms with Crippen LogP contribution < -0.4 is 5.32 Å². The molecule has 0 radical (unpaired) electrons. The lowest BCUT2D eigenvalue weighted by Crippen LogP contribution is -2.55. The topological polar surface area (TPSA) is 128 Å². The molecule has 1 unspecified atom stereocenters. The molecule has 1 amide bonds. The Balaban J connectivity index is 1.90. The smallest absolute Gasteiger partial charge is 0.331 e. The second kappa shape index (κ2) is 7.05. The lowest BCUT2D eigenvalue weighted by Gasteiger charge is -2.25. The van der Waals surface area contributed by atoms with Gasteiger partial charge >= 0.3 is 5.97 Å². The number of aromatic nitrogens is 2. The number of aryl methyl sites for hydroxylation is 1. The summed E-state index contributed by atoms with van der Waals surface area (Å²) in [4.78, 5) is 27.2. The van der Waals surface area contributed by atoms with Crippen molar-refractivity contribution in [3.8, 4) is 11.6 Å². The predicted octanol–water partition coefficient (Wildman–Crippen LogP) is 0.868. The molecule has 2 aromatic heterocycles. The first-order chi connectivity index (χ1) is 10.9. The molecule has 124 valence electrons. The minimum atomic E-state index is -1.49. The number of ether oxygens (including phenoxy) is 1. The number of methoxy groups -OCH3 is 1. The fraction of sp³-hybridized carbons (Fsp3) is 0.429. The highest BCUT2D eigenvalue weighted by Gasteiger charge is 2.34. The van der Waals surface area contributed by atoms with Crippen LogP contribution in [0.3, 0.4) is 0 Å². The normalized spacial score (nSPS) is 13.5. The van der Waals surface area contributed by atoms with E-state index in [1.165, 1.54) is 20.3 Å². The molecule has 2 heterocycles. The van der Waals surface area contributed by atoms with E-state index in [1.54, 1.807) is 12.1 Å². The van der Waals surface area contributed by atoms with Gasteiger partial charge in [-0.25, -0.2) is 4.79 Å². The molecule has 2 aromatic rings. The molecule has 1 atom stereocenters. The first kappa shape index (κ1) is 16.7. The summed E-state index contributed by atoms with van der Waals surface area (Å²) in [5.74, 6) is -0.617. The Morgan fingerprint density at radius 1 is 1.48 bits per heavy atom. The third-order valence-electron chi connectivity index (χ3n) is 3.10. The summed E-state index contributed by atoms with van der Waals surface area (Å²) in [5.41, 5.74) is -1.49. The van der Waals surface area contributed by atoms with Crippen molar-refractivity contribution in [1.82, 2.24) is 15.5 Å². The molecule has 2 rings (SSSR count). The number of hydrogen-bond acceptors (Lipinski definition) is 7. The van der Waals surface area contributed by atoms with E-state index in [9.17, 15) is 9.59 Å². The molecule has 0 fully saturated rings. The van der Waals surface area contributed by atoms with Gasteiger partial charge in [0.1, 0.15) is 0 Å². The van der Waals surface area contributed by atoms with Crippen LogP contribution >= 0.6 is 0 Å². The third-order valence-corrected chi connectivity index (χ3v) is 3.10. The average Bonchev–Trinajstić information content (AvgIpc) is 3.16. The van der Waals surface area contributed by atoms with Crippen LogP contribution in [0.15, 0.2) is 27.3 Å². The number of nitrogens with zero attached hydrogens (tertiary/aromatic N) is 2. The van der Waals surface area contributed by atoms with Crippen molar-refractivity contribution in [2.24, 2.45) is 0 Å². The summed E-state index contributed by atoms with van der Waals surface area (Å²) < 4.78 is 15.0. The van der Waals surface area contributed by atoms with Gasteiger partial charge in [-0.3, -0.25) is 4.79 Å². The number of furan rings is 1. The zero-order chi connectivity index (χ0) is 16.9. The lowest BCUT2D eigenvalue weighted by molar-refractivity contribution is -0.149. The summed E-state index contributed by atoms with van der Waals surface area (Å²) in [6, 6.07) is 3.38. The van der Waals surface area contributed by atoms with Crippen molar-refractivity contribution in [3.05, 3.63) is 24.3 Å². The van der Waals surface area contributed by atoms with Gasteiger partial charge in [0, 0.05) is 20.0 Å². The van der Waals surface area contributed by atoms with E-state index < -0.39 is 17.4 Å². The summed E-state index contributed by atoms with van der Waals surface area (Å²) in [6.07, 6.45) is 1.68. The van der Waals surface area contributed by atoms with Gasteiger partial charge in [-0.1, -0.05) is 5.16 Å². The Bertz CT molecular complexity index is 666. The Kier molecular flexibility index (Phi) is 5.12. The maximum Gasteiger partial charge on any atom is 0.331 e. The molecule has 9 heteroatoms. The maximum atomic E-state index is 11.9. The lowest BCUT2D eigenvalue weighted by atomic mass is 10.0. The van der Waals surface area contributed by atoms with E-state index in [0.29, 0.717) is 11.6 Å². The Labute approximate surface area is 131 Å². The number of amides is 1. The second-order valence-electron chi connectivity index (χ2n) is 5.11. The van der Waals surface area contributed by atoms with Crippen LogP contribution in [-0.4, -0.2) is 46.4 Å². The van der Waals surface area contributed by atoms with Crippen LogP contribution in [0, 0.1) is 0 Å². The summed E-state index contributed by atoms with van der Waals surface area (Å²) in [5, 5.41) is 15.3. The number of hydrogen-bond donors (Lipinski definition) is 2. The van der Waals surface area contributed by atoms with Crippen LogP contribution in [0.2, 0.25) is 0 Å². The van der Waals surface area contributed by atoms with E-state index in [1.807, 2.05) is 0 Å². The SMILES string of the molecule is COCC(C)(NC(=O)CCc1nc(-c2ccco2)no1)C(=O)O. The van der Waals surface area contributed by atoms with E-state index in [0.717, 1.165) is 0 Å². The van der Waals surface area contributed by atoms with Crippen LogP contribution in [0.5, 0.6) is 0 Å². The van der Waals surface area contributed by atoms with Crippen molar-refractivity contribution < 1.29 is 28.4 Å². The second-order valence-corrected chi connectivity index (χ2v) is 5.11. The number of rotatable bonds is 8. The number of nitrogens with one attached hydrogen (secondary N) is 1. The molecule has 2 N–H and O–H groups in total. The maximum absolute atomic E-state index is 11.9. The van der Waals surface area contributed by atoms with Gasteiger partial charge in [-0.05, 0) is 19.1 Å². The van der Waals surface area contributed by atoms with Crippen molar-refractivity contribution >= 4 is 11.9 Å². The van der Waals surface area contributed by atoms with Crippen molar-refractivity contribution in [2.75, 3.05) is 13.7 Å². The van der Waals surface area contributed by atoms with Gasteiger partial charge in [0.05, 0.1) is 12.9 Å². The molecular formula is C14H17N3O6. The largest absolute Gasteiger partial charge is 0.479 e.